The molecule has 0 aliphatic rings. The van der Waals surface area contributed by atoms with Gasteiger partial charge in [0.2, 0.25) is 0 Å². The zero-order chi connectivity index (χ0) is 11.4. The summed E-state index contributed by atoms with van der Waals surface area (Å²) >= 11 is 6.80. The molecule has 0 aliphatic carbocycles. The predicted molar refractivity (Wildman–Crippen MR) is 71.6 cm³/mol. The van der Waals surface area contributed by atoms with Crippen molar-refractivity contribution in [1.29, 1.82) is 5.26 Å². The monoisotopic (exact) mass is 312 g/mol. The minimum atomic E-state index is 0.751. The second kappa shape index (κ2) is 5.60. The van der Waals surface area contributed by atoms with E-state index in [0.29, 0.717) is 0 Å². The SMILES string of the molecule is N#Cc1csc(CNCc2ccc(Br)s2)c1. The standard InChI is InChI=1S/C11H9BrN2S2/c12-11-2-1-9(16-11)5-14-6-10-3-8(4-13)7-15-10/h1-3,7,14H,5-6H2. The van der Waals surface area contributed by atoms with E-state index in [1.165, 1.54) is 9.75 Å². The minimum absolute atomic E-state index is 0.751. The van der Waals surface area contributed by atoms with Crippen molar-refractivity contribution in [3.63, 3.8) is 0 Å². The molecule has 2 aromatic heterocycles. The largest absolute Gasteiger partial charge is 0.307 e. The van der Waals surface area contributed by atoms with Crippen LogP contribution in [0.5, 0.6) is 0 Å². The molecule has 0 radical (unpaired) electrons. The summed E-state index contributed by atoms with van der Waals surface area (Å²) in [5.41, 5.74) is 0.751. The Balaban J connectivity index is 1.82. The molecule has 5 heteroatoms. The average molecular weight is 313 g/mol. The maximum atomic E-state index is 8.69. The molecule has 0 bridgehead atoms. The molecule has 0 aromatic carbocycles. The van der Waals surface area contributed by atoms with E-state index in [-0.39, 0.29) is 0 Å². The van der Waals surface area contributed by atoms with Gasteiger partial charge in [0.15, 0.2) is 0 Å². The first kappa shape index (κ1) is 11.8. The van der Waals surface area contributed by atoms with Crippen LogP contribution < -0.4 is 5.32 Å². The Morgan fingerprint density at radius 2 is 2.12 bits per heavy atom. The Morgan fingerprint density at radius 3 is 2.75 bits per heavy atom. The maximum absolute atomic E-state index is 8.69. The summed E-state index contributed by atoms with van der Waals surface area (Å²) in [5.74, 6) is 0. The van der Waals surface area contributed by atoms with Gasteiger partial charge in [0, 0.05) is 28.2 Å². The van der Waals surface area contributed by atoms with Crippen molar-refractivity contribution >= 4 is 38.6 Å². The highest BCUT2D eigenvalue weighted by molar-refractivity contribution is 9.11. The molecule has 0 saturated carbocycles. The number of nitriles is 1. The summed E-state index contributed by atoms with van der Waals surface area (Å²) in [6.07, 6.45) is 0. The molecule has 2 aromatic rings. The lowest BCUT2D eigenvalue weighted by atomic mass is 10.3. The van der Waals surface area contributed by atoms with E-state index in [0.717, 1.165) is 22.4 Å². The first-order chi connectivity index (χ1) is 7.78. The zero-order valence-electron chi connectivity index (χ0n) is 8.37. The Hall–Kier alpha value is -0.670. The third-order valence-electron chi connectivity index (χ3n) is 2.01. The van der Waals surface area contributed by atoms with Crippen LogP contribution in [0.4, 0.5) is 0 Å². The van der Waals surface area contributed by atoms with E-state index in [4.69, 9.17) is 5.26 Å². The van der Waals surface area contributed by atoms with Crippen LogP contribution in [0.2, 0.25) is 0 Å². The number of nitrogens with zero attached hydrogens (tertiary/aromatic N) is 1. The highest BCUT2D eigenvalue weighted by Gasteiger charge is 2.00. The first-order valence-corrected chi connectivity index (χ1v) is 7.19. The molecule has 0 unspecified atom stereocenters. The highest BCUT2D eigenvalue weighted by atomic mass is 79.9. The molecule has 0 atom stereocenters. The van der Waals surface area contributed by atoms with Crippen LogP contribution in [0.3, 0.4) is 0 Å². The van der Waals surface area contributed by atoms with Gasteiger partial charge in [0.25, 0.3) is 0 Å². The number of rotatable bonds is 4. The van der Waals surface area contributed by atoms with Gasteiger partial charge < -0.3 is 5.32 Å². The second-order valence-electron chi connectivity index (χ2n) is 3.22. The lowest BCUT2D eigenvalue weighted by molar-refractivity contribution is 0.709. The number of hydrogen-bond donors (Lipinski definition) is 1. The summed E-state index contributed by atoms with van der Waals surface area (Å²) in [7, 11) is 0. The Bertz CT molecular complexity index is 510. The van der Waals surface area contributed by atoms with E-state index in [1.54, 1.807) is 22.7 Å². The smallest absolute Gasteiger partial charge is 0.100 e. The normalized spacial score (nSPS) is 10.2. The molecule has 0 spiro atoms. The summed E-state index contributed by atoms with van der Waals surface area (Å²) in [6, 6.07) is 8.23. The van der Waals surface area contributed by atoms with Gasteiger partial charge in [-0.2, -0.15) is 5.26 Å². The minimum Gasteiger partial charge on any atom is -0.307 e. The number of thiophene rings is 2. The molecule has 0 saturated heterocycles. The Kier molecular flexibility index (Phi) is 4.13. The van der Waals surface area contributed by atoms with Gasteiger partial charge in [0.05, 0.1) is 9.35 Å². The van der Waals surface area contributed by atoms with Gasteiger partial charge in [-0.25, -0.2) is 0 Å². The summed E-state index contributed by atoms with van der Waals surface area (Å²) in [6.45, 7) is 1.69. The van der Waals surface area contributed by atoms with Crippen LogP contribution in [0, 0.1) is 11.3 Å². The number of hydrogen-bond acceptors (Lipinski definition) is 4. The van der Waals surface area contributed by atoms with Crippen molar-refractivity contribution in [1.82, 2.24) is 5.32 Å². The quantitative estimate of drug-likeness (QED) is 0.933. The maximum Gasteiger partial charge on any atom is 0.100 e. The van der Waals surface area contributed by atoms with E-state index < -0.39 is 0 Å². The van der Waals surface area contributed by atoms with Crippen molar-refractivity contribution in [2.24, 2.45) is 0 Å². The first-order valence-electron chi connectivity index (χ1n) is 4.70. The lowest BCUT2D eigenvalue weighted by Crippen LogP contribution is -2.10. The molecule has 0 fully saturated rings. The van der Waals surface area contributed by atoms with Gasteiger partial charge in [-0.05, 0) is 34.1 Å². The molecule has 1 N–H and O–H groups in total. The number of nitrogens with one attached hydrogen (secondary N) is 1. The van der Waals surface area contributed by atoms with Crippen LogP contribution in [-0.2, 0) is 13.1 Å². The summed E-state index contributed by atoms with van der Waals surface area (Å²) < 4.78 is 1.16. The molecule has 2 nitrogen and oxygen atoms in total. The van der Waals surface area contributed by atoms with Crippen molar-refractivity contribution < 1.29 is 0 Å². The van der Waals surface area contributed by atoms with Crippen LogP contribution in [0.15, 0.2) is 27.4 Å². The van der Waals surface area contributed by atoms with Crippen LogP contribution in [-0.4, -0.2) is 0 Å². The van der Waals surface area contributed by atoms with Gasteiger partial charge in [-0.1, -0.05) is 0 Å². The lowest BCUT2D eigenvalue weighted by Gasteiger charge is -1.99. The van der Waals surface area contributed by atoms with E-state index in [2.05, 4.69) is 39.4 Å². The summed E-state index contributed by atoms with van der Waals surface area (Å²) in [4.78, 5) is 2.51. The fourth-order valence-electron chi connectivity index (χ4n) is 1.29. The molecular formula is C11H9BrN2S2. The third kappa shape index (κ3) is 3.16. The van der Waals surface area contributed by atoms with Gasteiger partial charge in [-0.3, -0.25) is 0 Å². The van der Waals surface area contributed by atoms with Crippen molar-refractivity contribution in [3.8, 4) is 6.07 Å². The molecule has 16 heavy (non-hydrogen) atoms. The molecule has 2 heterocycles. The second-order valence-corrected chi connectivity index (χ2v) is 6.77. The van der Waals surface area contributed by atoms with Crippen molar-refractivity contribution in [2.75, 3.05) is 0 Å². The molecule has 82 valence electrons. The van der Waals surface area contributed by atoms with Gasteiger partial charge in [0.1, 0.15) is 6.07 Å². The average Bonchev–Trinajstić information content (AvgIpc) is 2.88. The van der Waals surface area contributed by atoms with Gasteiger partial charge in [-0.15, -0.1) is 22.7 Å². The van der Waals surface area contributed by atoms with Crippen LogP contribution in [0.25, 0.3) is 0 Å². The third-order valence-corrected chi connectivity index (χ3v) is 4.57. The van der Waals surface area contributed by atoms with Gasteiger partial charge >= 0.3 is 0 Å². The fraction of sp³-hybridized carbons (Fsp3) is 0.182. The van der Waals surface area contributed by atoms with E-state index in [1.807, 2.05) is 11.4 Å². The summed E-state index contributed by atoms with van der Waals surface area (Å²) in [5, 5.41) is 13.9. The molecule has 0 amide bonds. The van der Waals surface area contributed by atoms with Crippen LogP contribution in [0.1, 0.15) is 15.3 Å². The zero-order valence-corrected chi connectivity index (χ0v) is 11.6. The highest BCUT2D eigenvalue weighted by Crippen LogP contribution is 2.22. The van der Waals surface area contributed by atoms with Crippen molar-refractivity contribution in [2.45, 2.75) is 13.1 Å². The topological polar surface area (TPSA) is 35.8 Å². The number of halogens is 1. The van der Waals surface area contributed by atoms with E-state index >= 15 is 0 Å². The van der Waals surface area contributed by atoms with Crippen molar-refractivity contribution in [3.05, 3.63) is 42.7 Å². The molecule has 2 rings (SSSR count). The fourth-order valence-corrected chi connectivity index (χ4v) is 3.52. The Morgan fingerprint density at radius 1 is 1.31 bits per heavy atom. The molecular weight excluding hydrogens is 304 g/mol. The van der Waals surface area contributed by atoms with E-state index in [9.17, 15) is 0 Å². The Labute approximate surface area is 111 Å². The van der Waals surface area contributed by atoms with Crippen LogP contribution >= 0.6 is 38.6 Å². The predicted octanol–water partition coefficient (Wildman–Crippen LogP) is 3.73. The molecule has 0 aliphatic heterocycles.